The van der Waals surface area contributed by atoms with Crippen LogP contribution in [0.25, 0.3) is 0 Å². The van der Waals surface area contributed by atoms with Gasteiger partial charge in [-0.1, -0.05) is 50.6 Å². The van der Waals surface area contributed by atoms with Crippen LogP contribution in [-0.4, -0.2) is 22.3 Å². The molecule has 18 heavy (non-hydrogen) atoms. The Morgan fingerprint density at radius 2 is 2.17 bits per heavy atom. The zero-order valence-corrected chi connectivity index (χ0v) is 12.9. The van der Waals surface area contributed by atoms with Crippen molar-refractivity contribution in [3.05, 3.63) is 11.2 Å². The van der Waals surface area contributed by atoms with Gasteiger partial charge in [-0.3, -0.25) is 0 Å². The molecule has 0 aliphatic rings. The Balaban J connectivity index is 2.51. The van der Waals surface area contributed by atoms with Crippen molar-refractivity contribution in [2.24, 2.45) is 5.92 Å². The second kappa shape index (κ2) is 8.59. The fourth-order valence-corrected chi connectivity index (χ4v) is 2.38. The Kier molecular flexibility index (Phi) is 7.44. The van der Waals surface area contributed by atoms with Crippen LogP contribution in [0, 0.1) is 5.92 Å². The molecule has 1 rings (SSSR count). The predicted molar refractivity (Wildman–Crippen MR) is 77.6 cm³/mol. The van der Waals surface area contributed by atoms with Crippen LogP contribution < -0.4 is 4.74 Å². The van der Waals surface area contributed by atoms with Gasteiger partial charge in [-0.2, -0.15) is 4.98 Å². The first-order valence-electron chi connectivity index (χ1n) is 6.42. The summed E-state index contributed by atoms with van der Waals surface area (Å²) in [6.45, 7) is 7.18. The van der Waals surface area contributed by atoms with Crippen molar-refractivity contribution in [2.75, 3.05) is 12.4 Å². The van der Waals surface area contributed by atoms with Crippen LogP contribution in [0.2, 0.25) is 5.15 Å². The number of rotatable bonds is 8. The summed E-state index contributed by atoms with van der Waals surface area (Å²) >= 11 is 7.59. The molecule has 0 atom stereocenters. The summed E-state index contributed by atoms with van der Waals surface area (Å²) < 4.78 is 5.60. The first kappa shape index (κ1) is 15.6. The van der Waals surface area contributed by atoms with E-state index in [1.165, 1.54) is 6.42 Å². The quantitative estimate of drug-likeness (QED) is 0.306. The number of aromatic nitrogens is 2. The molecule has 0 aliphatic heterocycles. The van der Waals surface area contributed by atoms with Crippen molar-refractivity contribution in [2.45, 2.75) is 45.2 Å². The monoisotopic (exact) mass is 288 g/mol. The van der Waals surface area contributed by atoms with Crippen molar-refractivity contribution in [1.29, 1.82) is 0 Å². The molecule has 3 nitrogen and oxygen atoms in total. The standard InChI is InChI=1S/C13H21ClN2OS/c1-4-5-8-18-13-15-11(14)9-12(16-13)17-7-6-10(2)3/h9-10H,4-8H2,1-3H3. The molecule has 0 amide bonds. The molecule has 0 aliphatic carbocycles. The fraction of sp³-hybridized carbons (Fsp3) is 0.692. The van der Waals surface area contributed by atoms with E-state index in [4.69, 9.17) is 16.3 Å². The van der Waals surface area contributed by atoms with E-state index in [1.54, 1.807) is 17.8 Å². The maximum absolute atomic E-state index is 5.96. The second-order valence-corrected chi connectivity index (χ2v) is 5.99. The van der Waals surface area contributed by atoms with Gasteiger partial charge in [0, 0.05) is 11.8 Å². The summed E-state index contributed by atoms with van der Waals surface area (Å²) in [5, 5.41) is 1.15. The van der Waals surface area contributed by atoms with Crippen molar-refractivity contribution < 1.29 is 4.74 Å². The molecule has 1 heterocycles. The summed E-state index contributed by atoms with van der Waals surface area (Å²) in [4.78, 5) is 8.53. The topological polar surface area (TPSA) is 35.0 Å². The van der Waals surface area contributed by atoms with Crippen LogP contribution in [0.3, 0.4) is 0 Å². The summed E-state index contributed by atoms with van der Waals surface area (Å²) in [5.74, 6) is 2.22. The van der Waals surface area contributed by atoms with E-state index in [2.05, 4.69) is 30.7 Å². The number of ether oxygens (including phenoxy) is 1. The number of nitrogens with zero attached hydrogens (tertiary/aromatic N) is 2. The Morgan fingerprint density at radius 1 is 1.39 bits per heavy atom. The van der Waals surface area contributed by atoms with Gasteiger partial charge in [-0.25, -0.2) is 4.98 Å². The van der Waals surface area contributed by atoms with E-state index in [0.29, 0.717) is 28.7 Å². The van der Waals surface area contributed by atoms with Crippen LogP contribution in [0.15, 0.2) is 11.2 Å². The number of thioether (sulfide) groups is 1. The van der Waals surface area contributed by atoms with Crippen LogP contribution in [0.4, 0.5) is 0 Å². The van der Waals surface area contributed by atoms with Gasteiger partial charge in [-0.15, -0.1) is 0 Å². The first-order valence-corrected chi connectivity index (χ1v) is 7.78. The minimum Gasteiger partial charge on any atom is -0.478 e. The normalized spacial score (nSPS) is 10.9. The van der Waals surface area contributed by atoms with E-state index in [9.17, 15) is 0 Å². The van der Waals surface area contributed by atoms with E-state index in [1.807, 2.05) is 0 Å². The zero-order chi connectivity index (χ0) is 13.4. The van der Waals surface area contributed by atoms with Gasteiger partial charge in [-0.05, 0) is 18.8 Å². The highest BCUT2D eigenvalue weighted by Gasteiger charge is 2.05. The molecule has 0 saturated carbocycles. The predicted octanol–water partition coefficient (Wildman–Crippen LogP) is 4.45. The third-order valence-electron chi connectivity index (χ3n) is 2.33. The average molecular weight is 289 g/mol. The lowest BCUT2D eigenvalue weighted by molar-refractivity contribution is 0.277. The molecule has 5 heteroatoms. The molecule has 0 fully saturated rings. The number of hydrogen-bond donors (Lipinski definition) is 0. The molecule has 0 unspecified atom stereocenters. The summed E-state index contributed by atoms with van der Waals surface area (Å²) in [5.41, 5.74) is 0. The minimum absolute atomic E-state index is 0.448. The van der Waals surface area contributed by atoms with Crippen molar-refractivity contribution in [3.8, 4) is 5.88 Å². The highest BCUT2D eigenvalue weighted by atomic mass is 35.5. The Labute approximate surface area is 119 Å². The van der Waals surface area contributed by atoms with Gasteiger partial charge in [0.15, 0.2) is 5.16 Å². The van der Waals surface area contributed by atoms with Gasteiger partial charge in [0.25, 0.3) is 0 Å². The summed E-state index contributed by atoms with van der Waals surface area (Å²) in [7, 11) is 0. The molecule has 0 bridgehead atoms. The van der Waals surface area contributed by atoms with E-state index < -0.39 is 0 Å². The molecule has 102 valence electrons. The largest absolute Gasteiger partial charge is 0.478 e. The molecular formula is C13H21ClN2OS. The molecule has 0 spiro atoms. The van der Waals surface area contributed by atoms with Crippen LogP contribution in [-0.2, 0) is 0 Å². The van der Waals surface area contributed by atoms with Crippen LogP contribution >= 0.6 is 23.4 Å². The Bertz CT molecular complexity index is 361. The average Bonchev–Trinajstić information content (AvgIpc) is 2.28. The Hall–Kier alpha value is -0.480. The van der Waals surface area contributed by atoms with Crippen LogP contribution in [0.1, 0.15) is 40.0 Å². The number of halogens is 1. The van der Waals surface area contributed by atoms with Gasteiger partial charge in [0.1, 0.15) is 5.15 Å². The lowest BCUT2D eigenvalue weighted by Gasteiger charge is -2.08. The smallest absolute Gasteiger partial charge is 0.218 e. The lowest BCUT2D eigenvalue weighted by Crippen LogP contribution is -2.03. The summed E-state index contributed by atoms with van der Waals surface area (Å²) in [6.07, 6.45) is 3.34. The van der Waals surface area contributed by atoms with Crippen molar-refractivity contribution in [3.63, 3.8) is 0 Å². The highest BCUT2D eigenvalue weighted by Crippen LogP contribution is 2.21. The first-order chi connectivity index (χ1) is 8.61. The van der Waals surface area contributed by atoms with Crippen molar-refractivity contribution in [1.82, 2.24) is 9.97 Å². The molecule has 1 aromatic heterocycles. The number of hydrogen-bond acceptors (Lipinski definition) is 4. The molecule has 0 aromatic carbocycles. The third kappa shape index (κ3) is 6.45. The molecule has 1 aromatic rings. The van der Waals surface area contributed by atoms with E-state index >= 15 is 0 Å². The highest BCUT2D eigenvalue weighted by molar-refractivity contribution is 7.99. The van der Waals surface area contributed by atoms with Crippen molar-refractivity contribution >= 4 is 23.4 Å². The fourth-order valence-electron chi connectivity index (χ4n) is 1.22. The Morgan fingerprint density at radius 3 is 2.83 bits per heavy atom. The van der Waals surface area contributed by atoms with Gasteiger partial charge in [0.2, 0.25) is 5.88 Å². The van der Waals surface area contributed by atoms with E-state index in [0.717, 1.165) is 18.6 Å². The third-order valence-corrected chi connectivity index (χ3v) is 3.45. The molecular weight excluding hydrogens is 268 g/mol. The zero-order valence-electron chi connectivity index (χ0n) is 11.3. The number of unbranched alkanes of at least 4 members (excludes halogenated alkanes) is 1. The maximum Gasteiger partial charge on any atom is 0.218 e. The molecule has 0 N–H and O–H groups in total. The van der Waals surface area contributed by atoms with Crippen LogP contribution in [0.5, 0.6) is 5.88 Å². The SMILES string of the molecule is CCCCSc1nc(Cl)cc(OCCC(C)C)n1. The lowest BCUT2D eigenvalue weighted by atomic mass is 10.1. The summed E-state index contributed by atoms with van der Waals surface area (Å²) in [6, 6.07) is 1.67. The van der Waals surface area contributed by atoms with Gasteiger partial charge in [0.05, 0.1) is 6.61 Å². The minimum atomic E-state index is 0.448. The molecule has 0 saturated heterocycles. The maximum atomic E-state index is 5.96. The second-order valence-electron chi connectivity index (χ2n) is 4.54. The van der Waals surface area contributed by atoms with Gasteiger partial charge >= 0.3 is 0 Å². The van der Waals surface area contributed by atoms with E-state index in [-0.39, 0.29) is 0 Å². The van der Waals surface area contributed by atoms with Gasteiger partial charge < -0.3 is 4.74 Å². The molecule has 0 radical (unpaired) electrons.